The molecule has 2 rings (SSSR count). The van der Waals surface area contributed by atoms with Crippen LogP contribution in [0.4, 0.5) is 5.69 Å². The zero-order valence-electron chi connectivity index (χ0n) is 8.94. The topological polar surface area (TPSA) is 46.3 Å². The number of nitrogens with zero attached hydrogens (tertiary/aromatic N) is 2. The van der Waals surface area contributed by atoms with Crippen molar-refractivity contribution < 1.29 is 9.21 Å². The molecular formula is C11H12N2O2. The van der Waals surface area contributed by atoms with Crippen LogP contribution < -0.4 is 4.90 Å². The first-order valence-corrected chi connectivity index (χ1v) is 4.69. The van der Waals surface area contributed by atoms with Crippen molar-refractivity contribution in [1.29, 1.82) is 0 Å². The molecular weight excluding hydrogens is 192 g/mol. The summed E-state index contributed by atoms with van der Waals surface area (Å²) in [7, 11) is 1.73. The average molecular weight is 204 g/mol. The molecule has 0 radical (unpaired) electrons. The number of rotatable bonds is 1. The van der Waals surface area contributed by atoms with Crippen molar-refractivity contribution in [2.75, 3.05) is 11.9 Å². The van der Waals surface area contributed by atoms with Crippen LogP contribution in [0, 0.1) is 6.92 Å². The lowest BCUT2D eigenvalue weighted by atomic mass is 10.2. The van der Waals surface area contributed by atoms with Crippen molar-refractivity contribution in [3.63, 3.8) is 0 Å². The van der Waals surface area contributed by atoms with E-state index in [9.17, 15) is 4.79 Å². The second-order valence-corrected chi connectivity index (χ2v) is 3.46. The van der Waals surface area contributed by atoms with Gasteiger partial charge in [0, 0.05) is 32.6 Å². The minimum atomic E-state index is -0.00872. The second kappa shape index (κ2) is 3.38. The van der Waals surface area contributed by atoms with E-state index in [1.54, 1.807) is 18.9 Å². The molecule has 0 saturated heterocycles. The highest BCUT2D eigenvalue weighted by atomic mass is 16.3. The van der Waals surface area contributed by atoms with Crippen LogP contribution in [0.5, 0.6) is 0 Å². The van der Waals surface area contributed by atoms with E-state index in [0.717, 1.165) is 11.2 Å². The molecule has 0 aliphatic carbocycles. The molecule has 0 aliphatic rings. The number of carbonyl (C=O) groups excluding carboxylic acids is 1. The second-order valence-electron chi connectivity index (χ2n) is 3.46. The molecule has 0 atom stereocenters. The molecule has 1 aromatic carbocycles. The number of anilines is 1. The first-order chi connectivity index (χ1) is 7.08. The van der Waals surface area contributed by atoms with E-state index in [-0.39, 0.29) is 5.91 Å². The summed E-state index contributed by atoms with van der Waals surface area (Å²) in [6.45, 7) is 3.32. The molecule has 1 aromatic heterocycles. The van der Waals surface area contributed by atoms with Crippen LogP contribution in [0.2, 0.25) is 0 Å². The van der Waals surface area contributed by atoms with Gasteiger partial charge in [0.25, 0.3) is 0 Å². The maximum atomic E-state index is 11.2. The van der Waals surface area contributed by atoms with E-state index < -0.39 is 0 Å². The standard InChI is InChI=1S/C11H12N2O2/c1-7-12-10-5-4-9(6-11(10)15-7)13(3)8(2)14/h4-6H,1-3H3. The SMILES string of the molecule is CC(=O)N(C)c1ccc2nc(C)oc2c1. The molecule has 0 fully saturated rings. The fourth-order valence-corrected chi connectivity index (χ4v) is 1.42. The monoisotopic (exact) mass is 204 g/mol. The van der Waals surface area contributed by atoms with Gasteiger partial charge in [-0.15, -0.1) is 0 Å². The van der Waals surface area contributed by atoms with Gasteiger partial charge in [0.1, 0.15) is 5.52 Å². The van der Waals surface area contributed by atoms with Gasteiger partial charge in [0.15, 0.2) is 11.5 Å². The number of fused-ring (bicyclic) bond motifs is 1. The van der Waals surface area contributed by atoms with Gasteiger partial charge in [-0.05, 0) is 12.1 Å². The molecule has 0 unspecified atom stereocenters. The highest BCUT2D eigenvalue weighted by Crippen LogP contribution is 2.21. The quantitative estimate of drug-likeness (QED) is 0.714. The molecule has 2 aromatic rings. The molecule has 0 N–H and O–H groups in total. The Morgan fingerprint density at radius 1 is 1.47 bits per heavy atom. The predicted octanol–water partition coefficient (Wildman–Crippen LogP) is 2.12. The Kier molecular flexibility index (Phi) is 2.19. The number of amides is 1. The molecule has 0 aliphatic heterocycles. The lowest BCUT2D eigenvalue weighted by molar-refractivity contribution is -0.116. The summed E-state index contributed by atoms with van der Waals surface area (Å²) in [4.78, 5) is 16.9. The van der Waals surface area contributed by atoms with Gasteiger partial charge < -0.3 is 9.32 Å². The Morgan fingerprint density at radius 2 is 2.20 bits per heavy atom. The van der Waals surface area contributed by atoms with E-state index in [1.165, 1.54) is 6.92 Å². The first kappa shape index (κ1) is 9.71. The number of hydrogen-bond acceptors (Lipinski definition) is 3. The first-order valence-electron chi connectivity index (χ1n) is 4.69. The third-order valence-electron chi connectivity index (χ3n) is 2.34. The highest BCUT2D eigenvalue weighted by Gasteiger charge is 2.08. The van der Waals surface area contributed by atoms with Crippen LogP contribution in [0.15, 0.2) is 22.6 Å². The van der Waals surface area contributed by atoms with Crippen molar-refractivity contribution in [3.8, 4) is 0 Å². The van der Waals surface area contributed by atoms with E-state index in [1.807, 2.05) is 18.2 Å². The van der Waals surface area contributed by atoms with Crippen LogP contribution >= 0.6 is 0 Å². The van der Waals surface area contributed by atoms with E-state index in [2.05, 4.69) is 4.98 Å². The fourth-order valence-electron chi connectivity index (χ4n) is 1.42. The summed E-state index contributed by atoms with van der Waals surface area (Å²) < 4.78 is 5.39. The molecule has 4 heteroatoms. The highest BCUT2D eigenvalue weighted by molar-refractivity contribution is 5.92. The number of carbonyl (C=O) groups is 1. The van der Waals surface area contributed by atoms with Crippen LogP contribution in [-0.2, 0) is 4.79 Å². The van der Waals surface area contributed by atoms with E-state index in [0.29, 0.717) is 11.5 Å². The van der Waals surface area contributed by atoms with Gasteiger partial charge in [0.05, 0.1) is 0 Å². The molecule has 0 bridgehead atoms. The summed E-state index contributed by atoms with van der Waals surface area (Å²) in [5.74, 6) is 0.623. The molecule has 0 saturated carbocycles. The number of aryl methyl sites for hydroxylation is 1. The summed E-state index contributed by atoms with van der Waals surface area (Å²) in [6.07, 6.45) is 0. The van der Waals surface area contributed by atoms with E-state index in [4.69, 9.17) is 4.42 Å². The third-order valence-corrected chi connectivity index (χ3v) is 2.34. The van der Waals surface area contributed by atoms with Crippen molar-refractivity contribution in [1.82, 2.24) is 4.98 Å². The van der Waals surface area contributed by atoms with Gasteiger partial charge >= 0.3 is 0 Å². The zero-order valence-corrected chi connectivity index (χ0v) is 8.94. The Labute approximate surface area is 87.5 Å². The summed E-state index contributed by atoms with van der Waals surface area (Å²) in [5.41, 5.74) is 2.33. The molecule has 78 valence electrons. The van der Waals surface area contributed by atoms with Crippen LogP contribution in [0.1, 0.15) is 12.8 Å². The fraction of sp³-hybridized carbons (Fsp3) is 0.273. The van der Waals surface area contributed by atoms with Crippen molar-refractivity contribution in [2.24, 2.45) is 0 Å². The summed E-state index contributed by atoms with van der Waals surface area (Å²) in [6, 6.07) is 5.52. The van der Waals surface area contributed by atoms with Gasteiger partial charge in [-0.1, -0.05) is 0 Å². The van der Waals surface area contributed by atoms with Gasteiger partial charge in [-0.2, -0.15) is 0 Å². The largest absolute Gasteiger partial charge is 0.441 e. The molecule has 1 amide bonds. The Balaban J connectivity index is 2.50. The Hall–Kier alpha value is -1.84. The molecule has 4 nitrogen and oxygen atoms in total. The molecule has 1 heterocycles. The summed E-state index contributed by atoms with van der Waals surface area (Å²) >= 11 is 0. The summed E-state index contributed by atoms with van der Waals surface area (Å²) in [5, 5.41) is 0. The van der Waals surface area contributed by atoms with Crippen molar-refractivity contribution in [3.05, 3.63) is 24.1 Å². The molecule has 0 spiro atoms. The normalized spacial score (nSPS) is 10.6. The zero-order chi connectivity index (χ0) is 11.0. The van der Waals surface area contributed by atoms with Gasteiger partial charge in [-0.25, -0.2) is 4.98 Å². The van der Waals surface area contributed by atoms with E-state index >= 15 is 0 Å². The number of oxazole rings is 1. The van der Waals surface area contributed by atoms with Crippen molar-refractivity contribution in [2.45, 2.75) is 13.8 Å². The smallest absolute Gasteiger partial charge is 0.223 e. The van der Waals surface area contributed by atoms with Crippen molar-refractivity contribution >= 4 is 22.7 Å². The maximum absolute atomic E-state index is 11.2. The van der Waals surface area contributed by atoms with Gasteiger partial charge in [-0.3, -0.25) is 4.79 Å². The Morgan fingerprint density at radius 3 is 2.87 bits per heavy atom. The van der Waals surface area contributed by atoms with Crippen LogP contribution in [0.3, 0.4) is 0 Å². The van der Waals surface area contributed by atoms with Gasteiger partial charge in [0.2, 0.25) is 5.91 Å². The lowest BCUT2D eigenvalue weighted by Gasteiger charge is -2.13. The average Bonchev–Trinajstić information content (AvgIpc) is 2.55. The number of aromatic nitrogens is 1. The minimum absolute atomic E-state index is 0.00872. The lowest BCUT2D eigenvalue weighted by Crippen LogP contribution is -2.22. The molecule has 15 heavy (non-hydrogen) atoms. The third kappa shape index (κ3) is 1.70. The minimum Gasteiger partial charge on any atom is -0.441 e. The number of hydrogen-bond donors (Lipinski definition) is 0. The van der Waals surface area contributed by atoms with Crippen LogP contribution in [0.25, 0.3) is 11.1 Å². The predicted molar refractivity (Wildman–Crippen MR) is 57.8 cm³/mol. The van der Waals surface area contributed by atoms with Crippen LogP contribution in [-0.4, -0.2) is 17.9 Å². The maximum Gasteiger partial charge on any atom is 0.223 e. The Bertz CT molecular complexity index is 516. The number of benzene rings is 1.